The van der Waals surface area contributed by atoms with E-state index in [1.54, 1.807) is 95.9 Å². The number of carbonyl (C=O) groups excluding carboxylic acids is 2. The molecule has 6 aliphatic rings. The molecule has 22 heteroatoms. The molecule has 0 spiro atoms. The minimum Gasteiger partial charge on any atom is -0.460 e. The molecule has 5 aromatic carbocycles. The number of hydrogen-bond donors (Lipinski definition) is 2. The van der Waals surface area contributed by atoms with Crippen molar-refractivity contribution >= 4 is 73.9 Å². The van der Waals surface area contributed by atoms with Crippen LogP contribution in [0.2, 0.25) is 0 Å². The number of rotatable bonds is 12. The lowest BCUT2D eigenvalue weighted by Gasteiger charge is -2.36. The molecular weight excluding hydrogens is 1300 g/mol. The van der Waals surface area contributed by atoms with Crippen molar-refractivity contribution in [1.29, 1.82) is 0 Å². The largest absolute Gasteiger partial charge is 0.460 e. The number of benzene rings is 5. The van der Waals surface area contributed by atoms with Crippen molar-refractivity contribution in [2.45, 2.75) is 82.2 Å². The summed E-state index contributed by atoms with van der Waals surface area (Å²) in [5.41, 5.74) is 11.9. The van der Waals surface area contributed by atoms with Crippen molar-refractivity contribution in [3.63, 3.8) is 0 Å². The minimum absolute atomic E-state index is 0.101. The fourth-order valence-corrected chi connectivity index (χ4v) is 17.0. The van der Waals surface area contributed by atoms with Crippen molar-refractivity contribution in [3.05, 3.63) is 222 Å². The zero-order chi connectivity index (χ0) is 68.3. The zero-order valence-electron chi connectivity index (χ0n) is 54.7. The molecule has 6 aliphatic heterocycles. The van der Waals surface area contributed by atoms with Gasteiger partial charge in [0.1, 0.15) is 39.5 Å². The van der Waals surface area contributed by atoms with Gasteiger partial charge in [-0.05, 0) is 178 Å². The number of amidine groups is 1. The molecule has 97 heavy (non-hydrogen) atoms. The number of nitrogens with zero attached hydrogens (tertiary/aromatic N) is 8. The van der Waals surface area contributed by atoms with Gasteiger partial charge >= 0.3 is 11.9 Å². The number of aliphatic imine (C=N–C) groups is 3. The summed E-state index contributed by atoms with van der Waals surface area (Å²) in [4.78, 5) is 56.0. The molecule has 502 valence electrons. The summed E-state index contributed by atoms with van der Waals surface area (Å²) in [6.45, 7) is 15.4. The average molecular weight is 1370 g/mol. The highest BCUT2D eigenvalue weighted by molar-refractivity contribution is 8.14. The normalized spacial score (nSPS) is 22.6. The molecule has 14 nitrogen and oxygen atoms in total. The molecule has 0 amide bonds. The SMILES string of the molecule is CC(C)(C)OC(=O)CC1=N[C@@]2(c3cccc(-c4cccnc4F)c3)CN(c3ccc(F)cc3)C[C@H]2CS1.CC(C)(C)OC(=O)CC1=N[C@@]2(c3cccc(-c4cccnc4F)c3)CNC[C@H]2CS1.NC1=N[C@@]2(c3cccc(-c4cccnc4F)c3)CN(c3ccc(F)cc3)C[C@H]2CS1. The van der Waals surface area contributed by atoms with Gasteiger partial charge in [-0.3, -0.25) is 19.6 Å². The van der Waals surface area contributed by atoms with E-state index in [1.165, 1.54) is 42.9 Å². The molecular formula is C75H75F5N10O4S3. The quantitative estimate of drug-likeness (QED) is 0.0672. The van der Waals surface area contributed by atoms with Crippen LogP contribution in [0.1, 0.15) is 71.1 Å². The van der Waals surface area contributed by atoms with E-state index in [0.29, 0.717) is 47.4 Å². The second-order valence-corrected chi connectivity index (χ2v) is 30.1. The zero-order valence-corrected chi connectivity index (χ0v) is 57.1. The van der Waals surface area contributed by atoms with E-state index in [2.05, 4.69) is 30.1 Å². The number of nitrogens with one attached hydrogen (secondary N) is 1. The Morgan fingerprint density at radius 3 is 1.30 bits per heavy atom. The standard InChI is InChI=1S/C29H29F2N3O2S.C23H20F2N4S.C23H26FN3O2S/c1-28(2,3)36-26(35)15-25-33-29(20-7-4-6-19(14-20)24-8-5-13-32-27(24)31)18-34(16-21(29)17-37-25)23-11-9-22(30)10-12-23;24-18-6-8-19(9-7-18)29-12-17-13-30-22(26)28-23(17,14-29)16-4-1-3-15(11-16)20-5-2-10-27-21(20)25;1-22(2,3)29-20(28)11-19-27-23(14-25-12-17(23)13-30-19)16-7-4-6-15(10-16)18-8-5-9-26-21(18)24/h4-14,21H,15-18H2,1-3H3;1-11,17H,12-14H2,(H2,26,28);4-10,17,25H,11-14H2,1-3H3/t21-,29+;2*17-,23+/m000/s1. The molecule has 0 saturated carbocycles. The van der Waals surface area contributed by atoms with E-state index < -0.39 is 45.7 Å². The third kappa shape index (κ3) is 15.5. The Morgan fingerprint density at radius 2 is 0.887 bits per heavy atom. The fourth-order valence-electron chi connectivity index (χ4n) is 13.6. The van der Waals surface area contributed by atoms with E-state index in [-0.39, 0.29) is 48.3 Å². The third-order valence-corrected chi connectivity index (χ3v) is 21.2. The number of thioether (sulfide) groups is 3. The maximum atomic E-state index is 14.5. The first kappa shape index (κ1) is 68.5. The lowest BCUT2D eigenvalue weighted by atomic mass is 9.81. The number of pyridine rings is 3. The average Bonchev–Trinajstić information content (AvgIpc) is 1.64. The van der Waals surface area contributed by atoms with Gasteiger partial charge in [0, 0.05) is 121 Å². The molecule has 9 heterocycles. The summed E-state index contributed by atoms with van der Waals surface area (Å²) in [5.74, 6) is 0.540. The van der Waals surface area contributed by atoms with Crippen LogP contribution in [0.3, 0.4) is 0 Å². The fraction of sp³-hybridized carbons (Fsp3) is 0.333. The van der Waals surface area contributed by atoms with Crippen molar-refractivity contribution in [2.24, 2.45) is 38.5 Å². The Hall–Kier alpha value is -8.44. The summed E-state index contributed by atoms with van der Waals surface area (Å²) in [6.07, 6.45) is 4.60. The van der Waals surface area contributed by atoms with Gasteiger partial charge < -0.3 is 30.3 Å². The van der Waals surface area contributed by atoms with E-state index in [4.69, 9.17) is 30.2 Å². The highest BCUT2D eigenvalue weighted by atomic mass is 32.2. The molecule has 3 fully saturated rings. The molecule has 14 rings (SSSR count). The van der Waals surface area contributed by atoms with Crippen LogP contribution in [0, 0.1) is 47.2 Å². The number of ether oxygens (including phenoxy) is 2. The maximum absolute atomic E-state index is 14.5. The second-order valence-electron chi connectivity index (χ2n) is 26.9. The van der Waals surface area contributed by atoms with Crippen LogP contribution in [0.4, 0.5) is 33.3 Å². The Bertz CT molecular complexity index is 4310. The van der Waals surface area contributed by atoms with E-state index in [0.717, 1.165) is 91.7 Å². The predicted molar refractivity (Wildman–Crippen MR) is 379 cm³/mol. The van der Waals surface area contributed by atoms with Crippen LogP contribution in [-0.2, 0) is 35.7 Å². The highest BCUT2D eigenvalue weighted by Gasteiger charge is 2.52. The van der Waals surface area contributed by atoms with Crippen LogP contribution in [0.25, 0.3) is 33.4 Å². The van der Waals surface area contributed by atoms with E-state index >= 15 is 0 Å². The molecule has 0 radical (unpaired) electrons. The summed E-state index contributed by atoms with van der Waals surface area (Å²) < 4.78 is 81.1. The van der Waals surface area contributed by atoms with Crippen LogP contribution < -0.4 is 20.9 Å². The third-order valence-electron chi connectivity index (χ3n) is 18.0. The molecule has 3 aromatic heterocycles. The first-order valence-electron chi connectivity index (χ1n) is 32.2. The van der Waals surface area contributed by atoms with Gasteiger partial charge in [-0.25, -0.2) is 28.7 Å². The van der Waals surface area contributed by atoms with Crippen LogP contribution in [-0.4, -0.2) is 110 Å². The number of halogens is 5. The topological polar surface area (TPSA) is 173 Å². The predicted octanol–water partition coefficient (Wildman–Crippen LogP) is 14.8. The van der Waals surface area contributed by atoms with Gasteiger partial charge in [-0.15, -0.1) is 23.5 Å². The number of carbonyl (C=O) groups is 2. The van der Waals surface area contributed by atoms with Crippen LogP contribution in [0.5, 0.6) is 0 Å². The Morgan fingerprint density at radius 1 is 0.505 bits per heavy atom. The minimum atomic E-state index is -0.647. The Labute approximate surface area is 574 Å². The van der Waals surface area contributed by atoms with Gasteiger partial charge in [0.15, 0.2) is 5.17 Å². The van der Waals surface area contributed by atoms with Crippen molar-refractivity contribution in [3.8, 4) is 33.4 Å². The van der Waals surface area contributed by atoms with Gasteiger partial charge in [0.05, 0.1) is 22.9 Å². The van der Waals surface area contributed by atoms with Crippen molar-refractivity contribution in [1.82, 2.24) is 20.3 Å². The smallest absolute Gasteiger partial charge is 0.312 e. The second kappa shape index (κ2) is 28.6. The van der Waals surface area contributed by atoms with E-state index in [1.807, 2.05) is 114 Å². The molecule has 0 aliphatic carbocycles. The van der Waals surface area contributed by atoms with Crippen LogP contribution >= 0.6 is 35.3 Å². The van der Waals surface area contributed by atoms with Gasteiger partial charge in [-0.2, -0.15) is 13.2 Å². The number of anilines is 2. The molecule has 6 atom stereocenters. The number of aromatic nitrogens is 3. The van der Waals surface area contributed by atoms with Gasteiger partial charge in [0.2, 0.25) is 17.8 Å². The lowest BCUT2D eigenvalue weighted by molar-refractivity contribution is -0.154. The highest BCUT2D eigenvalue weighted by Crippen LogP contribution is 2.50. The Balaban J connectivity index is 0.000000140. The van der Waals surface area contributed by atoms with Gasteiger partial charge in [-0.1, -0.05) is 66.4 Å². The van der Waals surface area contributed by atoms with Crippen LogP contribution in [0.15, 0.2) is 191 Å². The molecule has 3 N–H and O–H groups in total. The summed E-state index contributed by atoms with van der Waals surface area (Å²) >= 11 is 4.77. The molecule has 0 unspecified atom stereocenters. The maximum Gasteiger partial charge on any atom is 0.312 e. The number of nitrogens with two attached hydrogens (primary N) is 1. The summed E-state index contributed by atoms with van der Waals surface area (Å²) in [7, 11) is 0. The van der Waals surface area contributed by atoms with Crippen molar-refractivity contribution in [2.75, 3.05) is 66.3 Å². The molecule has 8 aromatic rings. The summed E-state index contributed by atoms with van der Waals surface area (Å²) in [5, 5.41) is 5.54. The number of fused-ring (bicyclic) bond motifs is 3. The molecule has 0 bridgehead atoms. The Kier molecular flexibility index (Phi) is 20.2. The monoisotopic (exact) mass is 1370 g/mol. The number of esters is 2. The lowest BCUT2D eigenvalue weighted by Crippen LogP contribution is -2.40. The first-order valence-corrected chi connectivity index (χ1v) is 35.1. The summed E-state index contributed by atoms with van der Waals surface area (Å²) in [6, 6.07) is 46.8. The van der Waals surface area contributed by atoms with Gasteiger partial charge in [0.25, 0.3) is 0 Å². The number of hydrogen-bond acceptors (Lipinski definition) is 17. The van der Waals surface area contributed by atoms with Crippen molar-refractivity contribution < 1.29 is 41.0 Å². The molecule has 3 saturated heterocycles. The van der Waals surface area contributed by atoms with E-state index in [9.17, 15) is 31.5 Å². The first-order chi connectivity index (χ1) is 46.4.